The van der Waals surface area contributed by atoms with E-state index in [1.807, 2.05) is 53.4 Å². The maximum Gasteiger partial charge on any atom is 0.263 e. The zero-order valence-electron chi connectivity index (χ0n) is 20.9. The van der Waals surface area contributed by atoms with Gasteiger partial charge in [0.15, 0.2) is 0 Å². The Balaban J connectivity index is 1.38. The average molecular weight is 484 g/mol. The van der Waals surface area contributed by atoms with Gasteiger partial charge in [0.2, 0.25) is 5.91 Å². The summed E-state index contributed by atoms with van der Waals surface area (Å²) in [6.45, 7) is 5.14. The molecule has 0 N–H and O–H groups in total. The van der Waals surface area contributed by atoms with Crippen molar-refractivity contribution in [1.82, 2.24) is 20.0 Å². The highest BCUT2D eigenvalue weighted by Gasteiger charge is 2.25. The number of rotatable bonds is 8. The zero-order chi connectivity index (χ0) is 24.7. The summed E-state index contributed by atoms with van der Waals surface area (Å²) in [5.74, 6) is 1.87. The first-order valence-electron chi connectivity index (χ1n) is 13.0. The molecule has 0 spiro atoms. The summed E-state index contributed by atoms with van der Waals surface area (Å²) in [6.07, 6.45) is 5.10. The van der Waals surface area contributed by atoms with E-state index < -0.39 is 0 Å². The number of anilines is 1. The van der Waals surface area contributed by atoms with E-state index in [0.29, 0.717) is 18.7 Å². The summed E-state index contributed by atoms with van der Waals surface area (Å²) in [6, 6.07) is 20.3. The summed E-state index contributed by atoms with van der Waals surface area (Å²) in [5, 5.41) is 5.25. The average Bonchev–Trinajstić information content (AvgIpc) is 3.20. The number of unbranched alkanes of at least 4 members (excludes halogenated alkanes) is 1. The van der Waals surface area contributed by atoms with Crippen LogP contribution in [0.2, 0.25) is 0 Å². The van der Waals surface area contributed by atoms with Crippen LogP contribution < -0.4 is 4.90 Å². The molecule has 1 fully saturated rings. The van der Waals surface area contributed by atoms with E-state index in [1.165, 1.54) is 5.56 Å². The maximum atomic E-state index is 13.0. The number of nitrogens with zero attached hydrogens (tertiary/aromatic N) is 5. The van der Waals surface area contributed by atoms with E-state index in [9.17, 15) is 4.79 Å². The smallest absolute Gasteiger partial charge is 0.263 e. The Kier molecular flexibility index (Phi) is 7.55. The van der Waals surface area contributed by atoms with Crippen LogP contribution in [-0.4, -0.2) is 52.1 Å². The van der Waals surface area contributed by atoms with Gasteiger partial charge in [-0.1, -0.05) is 79.2 Å². The molecule has 3 heterocycles. The van der Waals surface area contributed by atoms with Crippen LogP contribution in [0.4, 0.5) is 5.82 Å². The van der Waals surface area contributed by atoms with Crippen molar-refractivity contribution in [3.05, 3.63) is 72.1 Å². The van der Waals surface area contributed by atoms with Crippen LogP contribution in [0, 0.1) is 0 Å². The van der Waals surface area contributed by atoms with E-state index in [-0.39, 0.29) is 5.91 Å². The monoisotopic (exact) mass is 483 g/mol. The topological polar surface area (TPSA) is 75.4 Å². The second-order valence-corrected chi connectivity index (χ2v) is 9.35. The van der Waals surface area contributed by atoms with Gasteiger partial charge >= 0.3 is 0 Å². The Hall–Kier alpha value is -3.74. The molecule has 1 aliphatic heterocycles. The number of hydrogen-bond acceptors (Lipinski definition) is 6. The number of carbonyl (C=O) groups is 1. The molecular formula is C29H33N5O2. The molecular weight excluding hydrogens is 450 g/mol. The second kappa shape index (κ2) is 11.3. The first kappa shape index (κ1) is 24.0. The van der Waals surface area contributed by atoms with E-state index in [2.05, 4.69) is 29.1 Å². The molecule has 1 saturated heterocycles. The minimum Gasteiger partial charge on any atom is -0.354 e. The molecule has 36 heavy (non-hydrogen) atoms. The Labute approximate surface area is 212 Å². The van der Waals surface area contributed by atoms with Gasteiger partial charge in [0, 0.05) is 44.6 Å². The highest BCUT2D eigenvalue weighted by atomic mass is 16.5. The molecule has 5 rings (SSSR count). The summed E-state index contributed by atoms with van der Waals surface area (Å²) in [7, 11) is 0. The van der Waals surface area contributed by atoms with Crippen LogP contribution in [0.25, 0.3) is 22.4 Å². The Morgan fingerprint density at radius 3 is 2.47 bits per heavy atom. The van der Waals surface area contributed by atoms with Crippen molar-refractivity contribution in [2.24, 2.45) is 0 Å². The first-order valence-corrected chi connectivity index (χ1v) is 13.0. The lowest BCUT2D eigenvalue weighted by Gasteiger charge is -2.24. The van der Waals surface area contributed by atoms with E-state index >= 15 is 0 Å². The molecule has 186 valence electrons. The molecule has 7 nitrogen and oxygen atoms in total. The Morgan fingerprint density at radius 1 is 0.917 bits per heavy atom. The molecule has 0 saturated carbocycles. The van der Waals surface area contributed by atoms with Crippen molar-refractivity contribution in [3.8, 4) is 11.3 Å². The highest BCUT2D eigenvalue weighted by molar-refractivity contribution is 5.98. The van der Waals surface area contributed by atoms with Crippen LogP contribution in [0.15, 0.2) is 65.2 Å². The molecule has 0 bridgehead atoms. The third-order valence-corrected chi connectivity index (χ3v) is 6.78. The molecule has 1 aliphatic rings. The Bertz CT molecular complexity index is 1290. The fraction of sp³-hybridized carbons (Fsp3) is 0.379. The van der Waals surface area contributed by atoms with Gasteiger partial charge < -0.3 is 14.3 Å². The van der Waals surface area contributed by atoms with Gasteiger partial charge in [0.25, 0.3) is 5.71 Å². The van der Waals surface area contributed by atoms with Crippen molar-refractivity contribution in [2.75, 3.05) is 31.1 Å². The molecule has 0 atom stereocenters. The number of aryl methyl sites for hydroxylation is 2. The predicted octanol–water partition coefficient (Wildman–Crippen LogP) is 5.30. The first-order chi connectivity index (χ1) is 17.7. The maximum absolute atomic E-state index is 13.0. The number of hydrogen-bond donors (Lipinski definition) is 0. The summed E-state index contributed by atoms with van der Waals surface area (Å²) in [5.41, 5.74) is 3.48. The highest BCUT2D eigenvalue weighted by Crippen LogP contribution is 2.34. The molecule has 0 aliphatic carbocycles. The normalized spacial score (nSPS) is 14.2. The van der Waals surface area contributed by atoms with Crippen molar-refractivity contribution in [3.63, 3.8) is 0 Å². The van der Waals surface area contributed by atoms with Crippen LogP contribution in [0.3, 0.4) is 0 Å². The van der Waals surface area contributed by atoms with Gasteiger partial charge in [-0.25, -0.2) is 4.98 Å². The fourth-order valence-corrected chi connectivity index (χ4v) is 4.78. The van der Waals surface area contributed by atoms with Gasteiger partial charge in [-0.2, -0.15) is 4.98 Å². The predicted molar refractivity (Wildman–Crippen MR) is 142 cm³/mol. The second-order valence-electron chi connectivity index (χ2n) is 9.35. The molecule has 0 radical (unpaired) electrons. The van der Waals surface area contributed by atoms with Crippen LogP contribution in [-0.2, 0) is 17.6 Å². The SMILES string of the molecule is CCCCc1nc(N2CCCN(C(=O)CCc3ccccc3)CC2)c2c(-c3ccccc3)noc2n1. The van der Waals surface area contributed by atoms with Gasteiger partial charge in [0.1, 0.15) is 22.7 Å². The minimum absolute atomic E-state index is 0.215. The van der Waals surface area contributed by atoms with Crippen LogP contribution in [0.5, 0.6) is 0 Å². The van der Waals surface area contributed by atoms with E-state index in [4.69, 9.17) is 14.5 Å². The lowest BCUT2D eigenvalue weighted by atomic mass is 10.1. The Morgan fingerprint density at radius 2 is 1.69 bits per heavy atom. The molecule has 2 aromatic carbocycles. The van der Waals surface area contributed by atoms with Crippen LogP contribution in [0.1, 0.15) is 44.0 Å². The molecule has 2 aromatic heterocycles. The van der Waals surface area contributed by atoms with Crippen molar-refractivity contribution < 1.29 is 9.32 Å². The van der Waals surface area contributed by atoms with E-state index in [0.717, 1.165) is 80.0 Å². The number of benzene rings is 2. The van der Waals surface area contributed by atoms with E-state index in [1.54, 1.807) is 0 Å². The quantitative estimate of drug-likeness (QED) is 0.339. The van der Waals surface area contributed by atoms with Crippen molar-refractivity contribution >= 4 is 22.8 Å². The minimum atomic E-state index is 0.215. The largest absolute Gasteiger partial charge is 0.354 e. The lowest BCUT2D eigenvalue weighted by molar-refractivity contribution is -0.130. The lowest BCUT2D eigenvalue weighted by Crippen LogP contribution is -2.35. The number of aromatic nitrogens is 3. The number of carbonyl (C=O) groups excluding carboxylic acids is 1. The third-order valence-electron chi connectivity index (χ3n) is 6.78. The summed E-state index contributed by atoms with van der Waals surface area (Å²) in [4.78, 5) is 27.0. The standard InChI is InChI=1S/C29H33N5O2/c1-2-3-15-24-30-28(26-27(32-36-29(26)31-24)23-13-8-5-9-14-23)34-19-10-18-33(20-21-34)25(35)17-16-22-11-6-4-7-12-22/h4-9,11-14H,2-3,10,15-21H2,1H3. The number of amides is 1. The van der Waals surface area contributed by atoms with Crippen molar-refractivity contribution in [1.29, 1.82) is 0 Å². The fourth-order valence-electron chi connectivity index (χ4n) is 4.78. The van der Waals surface area contributed by atoms with Gasteiger partial charge in [0.05, 0.1) is 0 Å². The summed E-state index contributed by atoms with van der Waals surface area (Å²) < 4.78 is 5.73. The molecule has 0 unspecified atom stereocenters. The van der Waals surface area contributed by atoms with Gasteiger partial charge in [-0.3, -0.25) is 4.79 Å². The summed E-state index contributed by atoms with van der Waals surface area (Å²) >= 11 is 0. The molecule has 7 heteroatoms. The van der Waals surface area contributed by atoms with Gasteiger partial charge in [-0.15, -0.1) is 0 Å². The molecule has 4 aromatic rings. The third kappa shape index (κ3) is 5.40. The molecule has 1 amide bonds. The van der Waals surface area contributed by atoms with Gasteiger partial charge in [-0.05, 0) is 24.8 Å². The van der Waals surface area contributed by atoms with Crippen LogP contribution >= 0.6 is 0 Å². The van der Waals surface area contributed by atoms with Crippen molar-refractivity contribution in [2.45, 2.75) is 45.4 Å². The number of fused-ring (bicyclic) bond motifs is 1. The zero-order valence-corrected chi connectivity index (χ0v) is 20.9.